The number of phosphoric acid groups is 2. The number of ether oxygens (including phenoxy) is 2. The number of primary amides is 1. The van der Waals surface area contributed by atoms with Gasteiger partial charge in [0.1, 0.15) is 60.8 Å². The first kappa shape index (κ1) is 34.6. The molecule has 2 aliphatic heterocycles. The average Bonchev–Trinajstić information content (AvgIpc) is 3.67. The molecule has 19 nitrogen and oxygen atoms in total. The molecule has 8 N–H and O–H groups in total. The number of amides is 1. The standard InChI is InChI=1S/C24H28FN5O14P2/c25-14-6-2-1-5-13(14)15-9-30(28-27-15)24-21(34)19(32)17(43-24)11-41-46(38,39)44-45(36,37)40-10-16-18(31)20(33)23(42-16)29-7-3-4-12(8-29)22(26)35/h1-9,16-21,23-24,31-34H,10-11H2,(H3-,26,35,36,37,38,39)/p+1/t16-,17+,18-,19+,20-,21+,23-,24+/m1/s1. The van der Waals surface area contributed by atoms with Crippen molar-refractivity contribution in [2.45, 2.75) is 49.1 Å². The summed E-state index contributed by atoms with van der Waals surface area (Å²) >= 11 is 0. The van der Waals surface area contributed by atoms with E-state index >= 15 is 0 Å². The molecule has 2 unspecified atom stereocenters. The van der Waals surface area contributed by atoms with Gasteiger partial charge in [-0.2, -0.15) is 23.4 Å². The van der Waals surface area contributed by atoms with Gasteiger partial charge >= 0.3 is 16.3 Å². The zero-order valence-corrected chi connectivity index (χ0v) is 25.1. The first-order valence-electron chi connectivity index (χ1n) is 13.3. The van der Waals surface area contributed by atoms with E-state index in [-0.39, 0.29) is 16.8 Å². The Labute approximate surface area is 259 Å². The highest BCUT2D eigenvalue weighted by atomic mass is 31.3. The van der Waals surface area contributed by atoms with E-state index in [0.717, 1.165) is 4.68 Å². The van der Waals surface area contributed by atoms with Crippen LogP contribution < -0.4 is 20.1 Å². The molecule has 10 atom stereocenters. The number of rotatable bonds is 12. The lowest BCUT2D eigenvalue weighted by molar-refractivity contribution is -0.765. The van der Waals surface area contributed by atoms with E-state index in [0.29, 0.717) is 0 Å². The summed E-state index contributed by atoms with van der Waals surface area (Å²) in [5, 5.41) is 49.1. The van der Waals surface area contributed by atoms with Crippen molar-refractivity contribution < 1.29 is 76.6 Å². The minimum absolute atomic E-state index is 0.0623. The number of hydrogen-bond donors (Lipinski definition) is 7. The van der Waals surface area contributed by atoms with E-state index in [1.807, 2.05) is 0 Å². The van der Waals surface area contributed by atoms with Crippen LogP contribution in [0.2, 0.25) is 0 Å². The van der Waals surface area contributed by atoms with Gasteiger partial charge in [0.15, 0.2) is 24.7 Å². The second-order valence-electron chi connectivity index (χ2n) is 10.2. The van der Waals surface area contributed by atoms with E-state index in [2.05, 4.69) is 23.7 Å². The summed E-state index contributed by atoms with van der Waals surface area (Å²) in [5.41, 5.74) is 5.50. The van der Waals surface area contributed by atoms with Crippen LogP contribution in [0.1, 0.15) is 22.8 Å². The molecule has 5 rings (SSSR count). The topological polar surface area (TPSA) is 291 Å². The monoisotopic (exact) mass is 692 g/mol. The van der Waals surface area contributed by atoms with Gasteiger partial charge in [0.05, 0.1) is 6.20 Å². The number of carbonyl (C=O) groups is 1. The highest BCUT2D eigenvalue weighted by Crippen LogP contribution is 2.65. The third-order valence-electron chi connectivity index (χ3n) is 7.01. The van der Waals surface area contributed by atoms with Crippen LogP contribution in [0.4, 0.5) is 4.39 Å². The summed E-state index contributed by atoms with van der Waals surface area (Å²) in [6.45, 7) is -1.85. The van der Waals surface area contributed by atoms with E-state index < -0.39 is 90.4 Å². The number of halogens is 1. The molecule has 0 radical (unpaired) electrons. The zero-order chi connectivity index (χ0) is 33.4. The van der Waals surface area contributed by atoms with Crippen molar-refractivity contribution in [2.75, 3.05) is 13.2 Å². The number of benzene rings is 1. The maximum Gasteiger partial charge on any atom is 0.434 e. The van der Waals surface area contributed by atoms with Gasteiger partial charge in [0.2, 0.25) is 0 Å². The SMILES string of the molecule is NC(=O)c1ccc[n+]([C@@H]2O[C@H](CO[P+]([O-])(O)O[P+]([O-])(O)OC[C@@H]3O[C@H](n4cc(-c5ccccc5F)nn4)[C@@H](O)[C@H]3O)[C@@H](O)[C@H]2O)c1. The average molecular weight is 692 g/mol. The molecule has 250 valence electrons. The number of aromatic nitrogens is 4. The Bertz CT molecular complexity index is 1540. The predicted molar refractivity (Wildman–Crippen MR) is 144 cm³/mol. The highest BCUT2D eigenvalue weighted by molar-refractivity contribution is 7.66. The lowest BCUT2D eigenvalue weighted by Gasteiger charge is -2.25. The van der Waals surface area contributed by atoms with Gasteiger partial charge in [0, 0.05) is 15.9 Å². The Hall–Kier alpha value is -2.75. The number of phosphoric ester groups is 2. The van der Waals surface area contributed by atoms with Crippen LogP contribution in [-0.4, -0.2) is 101 Å². The maximum absolute atomic E-state index is 14.1. The third-order valence-corrected chi connectivity index (χ3v) is 9.61. The number of aliphatic hydroxyl groups is 4. The third kappa shape index (κ3) is 7.69. The first-order chi connectivity index (χ1) is 21.7. The van der Waals surface area contributed by atoms with Crippen molar-refractivity contribution in [2.24, 2.45) is 5.73 Å². The molecular formula is C24H29FN5O14P2+. The normalized spacial score (nSPS) is 30.6. The Morgan fingerprint density at radius 2 is 1.61 bits per heavy atom. The summed E-state index contributed by atoms with van der Waals surface area (Å²) in [4.78, 5) is 56.3. The van der Waals surface area contributed by atoms with Crippen LogP contribution >= 0.6 is 16.3 Å². The maximum atomic E-state index is 14.1. The second kappa shape index (κ2) is 13.8. The van der Waals surface area contributed by atoms with E-state index in [1.54, 1.807) is 6.07 Å². The van der Waals surface area contributed by atoms with E-state index in [1.165, 1.54) is 53.5 Å². The molecule has 22 heteroatoms. The zero-order valence-electron chi connectivity index (χ0n) is 23.3. The lowest BCUT2D eigenvalue weighted by Crippen LogP contribution is -2.46. The number of nitrogens with zero attached hydrogens (tertiary/aromatic N) is 4. The first-order valence-corrected chi connectivity index (χ1v) is 16.3. The van der Waals surface area contributed by atoms with Crippen molar-refractivity contribution in [1.29, 1.82) is 0 Å². The molecule has 46 heavy (non-hydrogen) atoms. The fourth-order valence-corrected chi connectivity index (χ4v) is 6.79. The van der Waals surface area contributed by atoms with Crippen molar-refractivity contribution >= 4 is 22.2 Å². The molecule has 0 spiro atoms. The summed E-state index contributed by atoms with van der Waals surface area (Å²) in [7, 11) is -10.8. The Morgan fingerprint density at radius 3 is 2.26 bits per heavy atom. The molecule has 2 saturated heterocycles. The number of nitrogens with two attached hydrogens (primary N) is 1. The number of hydrogen-bond acceptors (Lipinski definition) is 16. The van der Waals surface area contributed by atoms with Crippen molar-refractivity contribution in [1.82, 2.24) is 15.0 Å². The molecular weight excluding hydrogens is 663 g/mol. The van der Waals surface area contributed by atoms with Crippen molar-refractivity contribution in [3.8, 4) is 11.3 Å². The molecule has 2 aromatic heterocycles. The van der Waals surface area contributed by atoms with Crippen LogP contribution in [0.15, 0.2) is 55.0 Å². The van der Waals surface area contributed by atoms with Gasteiger partial charge in [-0.05, 0) is 18.2 Å². The van der Waals surface area contributed by atoms with Gasteiger partial charge in [-0.1, -0.05) is 17.3 Å². The minimum Gasteiger partial charge on any atom is -0.603 e. The van der Waals surface area contributed by atoms with E-state index in [4.69, 9.17) is 15.2 Å². The van der Waals surface area contributed by atoms with Gasteiger partial charge in [-0.15, -0.1) is 5.10 Å². The number of aliphatic hydroxyl groups excluding tert-OH is 4. The molecule has 2 fully saturated rings. The summed E-state index contributed by atoms with van der Waals surface area (Å²) in [5.74, 6) is -1.36. The molecule has 0 bridgehead atoms. The fraction of sp³-hybridized carbons (Fsp3) is 0.417. The van der Waals surface area contributed by atoms with Gasteiger partial charge in [-0.25, -0.2) is 9.07 Å². The summed E-state index contributed by atoms with van der Waals surface area (Å²) < 4.78 is 40.9. The number of carbonyl (C=O) groups excluding carboxylic acids is 1. The largest absolute Gasteiger partial charge is 0.603 e. The van der Waals surface area contributed by atoms with Crippen LogP contribution in [0.3, 0.4) is 0 Å². The quantitative estimate of drug-likeness (QED) is 0.0716. The molecule has 4 heterocycles. The van der Waals surface area contributed by atoms with Gasteiger partial charge in [0.25, 0.3) is 12.1 Å². The molecule has 1 aromatic carbocycles. The lowest BCUT2D eigenvalue weighted by atomic mass is 10.1. The van der Waals surface area contributed by atoms with Crippen molar-refractivity contribution in [3.63, 3.8) is 0 Å². The summed E-state index contributed by atoms with van der Waals surface area (Å²) in [6.07, 6.45) is -8.29. The van der Waals surface area contributed by atoms with Crippen LogP contribution in [0.5, 0.6) is 0 Å². The molecule has 2 aliphatic rings. The van der Waals surface area contributed by atoms with Gasteiger partial charge in [-0.3, -0.25) is 4.79 Å². The Morgan fingerprint density at radius 1 is 0.978 bits per heavy atom. The predicted octanol–water partition coefficient (Wildman–Crippen LogP) is -3.48. The highest BCUT2D eigenvalue weighted by Gasteiger charge is 2.53. The molecule has 3 aromatic rings. The van der Waals surface area contributed by atoms with Crippen LogP contribution in [0.25, 0.3) is 11.3 Å². The fourth-order valence-electron chi connectivity index (χ4n) is 4.70. The number of pyridine rings is 1. The van der Waals surface area contributed by atoms with Crippen molar-refractivity contribution in [3.05, 3.63) is 66.4 Å². The van der Waals surface area contributed by atoms with Gasteiger partial charge < -0.3 is 45.4 Å². The molecule has 1 amide bonds. The Kier molecular flexibility index (Phi) is 10.4. The molecule has 0 saturated carbocycles. The summed E-state index contributed by atoms with van der Waals surface area (Å²) in [6, 6.07) is 8.52. The second-order valence-corrected chi connectivity index (χ2v) is 13.2. The Balaban J connectivity index is 1.14. The smallest absolute Gasteiger partial charge is 0.434 e. The van der Waals surface area contributed by atoms with Crippen LogP contribution in [-0.2, 0) is 22.8 Å². The van der Waals surface area contributed by atoms with Crippen LogP contribution in [0, 0.1) is 5.82 Å². The van der Waals surface area contributed by atoms with E-state index in [9.17, 15) is 49.2 Å². The minimum atomic E-state index is -5.40. The molecule has 0 aliphatic carbocycles.